The highest BCUT2D eigenvalue weighted by molar-refractivity contribution is 5.89. The van der Waals surface area contributed by atoms with Gasteiger partial charge in [-0.05, 0) is 36.5 Å². The van der Waals surface area contributed by atoms with Crippen LogP contribution in [0.4, 0.5) is 0 Å². The molecule has 0 unspecified atom stereocenters. The Bertz CT molecular complexity index is 753. The molecule has 2 aromatic carbocycles. The second kappa shape index (κ2) is 6.48. The first kappa shape index (κ1) is 16.2. The van der Waals surface area contributed by atoms with E-state index in [9.17, 15) is 14.7 Å². The van der Waals surface area contributed by atoms with Gasteiger partial charge in [0.1, 0.15) is 5.41 Å². The molecule has 0 aromatic heterocycles. The summed E-state index contributed by atoms with van der Waals surface area (Å²) in [6.45, 7) is 2.10. The molecule has 24 heavy (non-hydrogen) atoms. The summed E-state index contributed by atoms with van der Waals surface area (Å²) in [5, 5.41) is 10.1. The standard InChI is InChI=1S/C20H20O4/c1-2-24-18(21)16-12-13-20(19(22)23,14-8-4-3-5-9-14)17-11-7-6-10-15(16)17/h3-11,16H,2,12-13H2,1H3,(H,22,23)/t16-,20+/m0/s1. The molecule has 0 heterocycles. The number of ether oxygens (including phenoxy) is 1. The fourth-order valence-corrected chi connectivity index (χ4v) is 3.70. The fourth-order valence-electron chi connectivity index (χ4n) is 3.70. The fraction of sp³-hybridized carbons (Fsp3) is 0.300. The van der Waals surface area contributed by atoms with Crippen LogP contribution in [0.2, 0.25) is 0 Å². The van der Waals surface area contributed by atoms with E-state index in [2.05, 4.69) is 0 Å². The number of carboxylic acids is 1. The number of carbonyl (C=O) groups is 2. The first-order valence-electron chi connectivity index (χ1n) is 8.16. The van der Waals surface area contributed by atoms with Crippen LogP contribution < -0.4 is 0 Å². The van der Waals surface area contributed by atoms with Crippen LogP contribution in [0, 0.1) is 0 Å². The smallest absolute Gasteiger partial charge is 0.318 e. The number of hydrogen-bond acceptors (Lipinski definition) is 3. The second-order valence-electron chi connectivity index (χ2n) is 6.01. The lowest BCUT2D eigenvalue weighted by atomic mass is 9.63. The minimum absolute atomic E-state index is 0.281. The Labute approximate surface area is 141 Å². The zero-order valence-corrected chi connectivity index (χ0v) is 13.6. The number of benzene rings is 2. The minimum atomic E-state index is -1.12. The summed E-state index contributed by atoms with van der Waals surface area (Å²) in [5.74, 6) is -1.57. The average Bonchev–Trinajstić information content (AvgIpc) is 2.61. The van der Waals surface area contributed by atoms with E-state index in [1.807, 2.05) is 54.6 Å². The Balaban J connectivity index is 2.18. The minimum Gasteiger partial charge on any atom is -0.480 e. The molecule has 2 atom stereocenters. The van der Waals surface area contributed by atoms with E-state index in [0.717, 1.165) is 11.1 Å². The van der Waals surface area contributed by atoms with Gasteiger partial charge in [-0.2, -0.15) is 0 Å². The van der Waals surface area contributed by atoms with E-state index < -0.39 is 17.3 Å². The summed E-state index contributed by atoms with van der Waals surface area (Å²) in [6.07, 6.45) is 0.823. The molecule has 0 saturated heterocycles. The molecule has 1 aliphatic carbocycles. The lowest BCUT2D eigenvalue weighted by Crippen LogP contribution is -2.42. The molecule has 1 aliphatic rings. The second-order valence-corrected chi connectivity index (χ2v) is 6.01. The summed E-state index contributed by atoms with van der Waals surface area (Å²) in [6, 6.07) is 16.6. The highest BCUT2D eigenvalue weighted by Crippen LogP contribution is 2.47. The highest BCUT2D eigenvalue weighted by Gasteiger charge is 2.48. The number of rotatable bonds is 4. The van der Waals surface area contributed by atoms with Crippen molar-refractivity contribution in [3.63, 3.8) is 0 Å². The van der Waals surface area contributed by atoms with Crippen molar-refractivity contribution in [1.82, 2.24) is 0 Å². The zero-order valence-electron chi connectivity index (χ0n) is 13.6. The molecular weight excluding hydrogens is 304 g/mol. The zero-order chi connectivity index (χ0) is 17.2. The van der Waals surface area contributed by atoms with Crippen LogP contribution in [0.3, 0.4) is 0 Å². The Morgan fingerprint density at radius 1 is 1.12 bits per heavy atom. The topological polar surface area (TPSA) is 63.6 Å². The van der Waals surface area contributed by atoms with Gasteiger partial charge in [0, 0.05) is 0 Å². The van der Waals surface area contributed by atoms with Gasteiger partial charge in [-0.1, -0.05) is 54.6 Å². The molecule has 0 spiro atoms. The lowest BCUT2D eigenvalue weighted by Gasteiger charge is -2.38. The molecule has 0 bridgehead atoms. The third kappa shape index (κ3) is 2.48. The van der Waals surface area contributed by atoms with Gasteiger partial charge in [-0.25, -0.2) is 0 Å². The van der Waals surface area contributed by atoms with E-state index in [1.165, 1.54) is 0 Å². The van der Waals surface area contributed by atoms with Crippen LogP contribution >= 0.6 is 0 Å². The van der Waals surface area contributed by atoms with Crippen molar-refractivity contribution in [2.75, 3.05) is 6.61 Å². The summed E-state index contributed by atoms with van der Waals surface area (Å²) < 4.78 is 5.19. The van der Waals surface area contributed by atoms with Gasteiger partial charge in [0.25, 0.3) is 0 Å². The monoisotopic (exact) mass is 324 g/mol. The van der Waals surface area contributed by atoms with Gasteiger partial charge in [-0.15, -0.1) is 0 Å². The third-order valence-corrected chi connectivity index (χ3v) is 4.81. The van der Waals surface area contributed by atoms with E-state index in [1.54, 1.807) is 6.92 Å². The lowest BCUT2D eigenvalue weighted by molar-refractivity contribution is -0.148. The molecule has 0 saturated carbocycles. The van der Waals surface area contributed by atoms with Crippen molar-refractivity contribution in [1.29, 1.82) is 0 Å². The molecule has 0 radical (unpaired) electrons. The van der Waals surface area contributed by atoms with Gasteiger partial charge in [-0.3, -0.25) is 9.59 Å². The van der Waals surface area contributed by atoms with Crippen molar-refractivity contribution < 1.29 is 19.4 Å². The van der Waals surface area contributed by atoms with Gasteiger partial charge in [0.15, 0.2) is 0 Å². The van der Waals surface area contributed by atoms with Crippen molar-refractivity contribution in [3.05, 3.63) is 71.3 Å². The number of hydrogen-bond donors (Lipinski definition) is 1. The number of esters is 1. The number of fused-ring (bicyclic) bond motifs is 1. The van der Waals surface area contributed by atoms with E-state index in [0.29, 0.717) is 25.0 Å². The van der Waals surface area contributed by atoms with E-state index in [4.69, 9.17) is 4.74 Å². The molecule has 0 amide bonds. The highest BCUT2D eigenvalue weighted by atomic mass is 16.5. The molecule has 4 heteroatoms. The quantitative estimate of drug-likeness (QED) is 0.874. The molecule has 3 rings (SSSR count). The van der Waals surface area contributed by atoms with Gasteiger partial charge in [0.05, 0.1) is 12.5 Å². The molecule has 124 valence electrons. The number of carboxylic acid groups (broad SMARTS) is 1. The first-order valence-corrected chi connectivity index (χ1v) is 8.16. The van der Waals surface area contributed by atoms with Crippen molar-refractivity contribution in [2.45, 2.75) is 31.1 Å². The van der Waals surface area contributed by atoms with E-state index in [-0.39, 0.29) is 5.97 Å². The molecule has 0 aliphatic heterocycles. The number of aliphatic carboxylic acids is 1. The normalized spacial score (nSPS) is 22.5. The third-order valence-electron chi connectivity index (χ3n) is 4.81. The molecule has 0 fully saturated rings. The summed E-state index contributed by atoms with van der Waals surface area (Å²) >= 11 is 0. The Morgan fingerprint density at radius 2 is 1.79 bits per heavy atom. The number of carbonyl (C=O) groups excluding carboxylic acids is 1. The Hall–Kier alpha value is -2.62. The van der Waals surface area contributed by atoms with E-state index >= 15 is 0 Å². The summed E-state index contributed by atoms with van der Waals surface area (Å²) in [7, 11) is 0. The van der Waals surface area contributed by atoms with Crippen molar-refractivity contribution in [2.24, 2.45) is 0 Å². The SMILES string of the molecule is CCOC(=O)[C@H]1CC[C@@](C(=O)O)(c2ccccc2)c2ccccc21. The van der Waals surface area contributed by atoms with Crippen LogP contribution in [0.1, 0.15) is 42.4 Å². The Kier molecular flexibility index (Phi) is 4.38. The van der Waals surface area contributed by atoms with Crippen molar-refractivity contribution >= 4 is 11.9 Å². The summed E-state index contributed by atoms with van der Waals surface area (Å²) in [5.41, 5.74) is 1.06. The Morgan fingerprint density at radius 3 is 2.46 bits per heavy atom. The van der Waals surface area contributed by atoms with Crippen LogP contribution in [0.25, 0.3) is 0 Å². The van der Waals surface area contributed by atoms with Gasteiger partial charge < -0.3 is 9.84 Å². The maximum absolute atomic E-state index is 12.3. The molecular formula is C20H20O4. The van der Waals surface area contributed by atoms with Crippen LogP contribution in [0.5, 0.6) is 0 Å². The van der Waals surface area contributed by atoms with Crippen LogP contribution in [-0.2, 0) is 19.7 Å². The molecule has 1 N–H and O–H groups in total. The largest absolute Gasteiger partial charge is 0.480 e. The average molecular weight is 324 g/mol. The van der Waals surface area contributed by atoms with Crippen LogP contribution in [0.15, 0.2) is 54.6 Å². The molecule has 4 nitrogen and oxygen atoms in total. The van der Waals surface area contributed by atoms with Crippen molar-refractivity contribution in [3.8, 4) is 0 Å². The van der Waals surface area contributed by atoms with Crippen LogP contribution in [-0.4, -0.2) is 23.7 Å². The predicted octanol–water partition coefficient (Wildman–Crippen LogP) is 3.50. The maximum atomic E-state index is 12.3. The molecule has 2 aromatic rings. The first-order chi connectivity index (χ1) is 11.6. The van der Waals surface area contributed by atoms with Gasteiger partial charge in [0.2, 0.25) is 0 Å². The predicted molar refractivity (Wildman–Crippen MR) is 89.9 cm³/mol. The maximum Gasteiger partial charge on any atom is 0.318 e. The summed E-state index contributed by atoms with van der Waals surface area (Å²) in [4.78, 5) is 24.6. The van der Waals surface area contributed by atoms with Gasteiger partial charge >= 0.3 is 11.9 Å².